The van der Waals surface area contributed by atoms with Crippen LogP contribution in [0.1, 0.15) is 21.9 Å². The third-order valence-electron chi connectivity index (χ3n) is 4.53. The molecule has 2 aromatic heterocycles. The Morgan fingerprint density at radius 1 is 1.22 bits per heavy atom. The molecule has 0 atom stereocenters. The van der Waals surface area contributed by atoms with Crippen molar-refractivity contribution >= 4 is 17.2 Å². The minimum absolute atomic E-state index is 0.0604. The molecule has 1 aromatic carbocycles. The Kier molecular flexibility index (Phi) is 5.00. The summed E-state index contributed by atoms with van der Waals surface area (Å²) in [6, 6.07) is 8.07. The Bertz CT molecular complexity index is 929. The number of amides is 1. The number of carbonyl (C=O) groups excluding carboxylic acids is 1. The zero-order valence-electron chi connectivity index (χ0n) is 14.9. The molecule has 140 valence electrons. The minimum atomic E-state index is -0.287. The lowest BCUT2D eigenvalue weighted by Gasteiger charge is -2.33. The summed E-state index contributed by atoms with van der Waals surface area (Å²) in [4.78, 5) is 21.2. The van der Waals surface area contributed by atoms with Crippen LogP contribution in [0, 0.1) is 12.7 Å². The van der Waals surface area contributed by atoms with Gasteiger partial charge in [0.25, 0.3) is 5.91 Å². The van der Waals surface area contributed by atoms with Crippen molar-refractivity contribution < 1.29 is 13.7 Å². The molecule has 27 heavy (non-hydrogen) atoms. The Balaban J connectivity index is 1.36. The first-order chi connectivity index (χ1) is 13.1. The molecule has 0 unspecified atom stereocenters. The van der Waals surface area contributed by atoms with E-state index >= 15 is 0 Å². The van der Waals surface area contributed by atoms with Gasteiger partial charge in [-0.15, -0.1) is 11.3 Å². The highest BCUT2D eigenvalue weighted by molar-refractivity contribution is 7.13. The first-order valence-corrected chi connectivity index (χ1v) is 9.62. The zero-order valence-corrected chi connectivity index (χ0v) is 15.7. The molecule has 1 aliphatic rings. The topological polar surface area (TPSA) is 62.5 Å². The fourth-order valence-corrected chi connectivity index (χ4v) is 3.88. The Hall–Kier alpha value is -2.58. The van der Waals surface area contributed by atoms with Crippen LogP contribution in [0.2, 0.25) is 0 Å². The highest BCUT2D eigenvalue weighted by Gasteiger charge is 2.24. The number of benzene rings is 1. The van der Waals surface area contributed by atoms with Gasteiger partial charge in [-0.25, -0.2) is 9.37 Å². The number of thiazole rings is 1. The smallest absolute Gasteiger partial charge is 0.273 e. The van der Waals surface area contributed by atoms with Gasteiger partial charge in [-0.1, -0.05) is 5.16 Å². The molecule has 3 heterocycles. The molecular weight excluding hydrogens is 367 g/mol. The number of carbonyl (C=O) groups is 1. The Labute approximate surface area is 160 Å². The van der Waals surface area contributed by atoms with Gasteiger partial charge in [0.05, 0.1) is 12.2 Å². The van der Waals surface area contributed by atoms with Gasteiger partial charge in [-0.05, 0) is 31.2 Å². The number of aromatic nitrogens is 2. The lowest BCUT2D eigenvalue weighted by Crippen LogP contribution is -2.48. The predicted octanol–water partition coefficient (Wildman–Crippen LogP) is 3.20. The summed E-state index contributed by atoms with van der Waals surface area (Å²) in [7, 11) is 0. The number of hydrogen-bond donors (Lipinski definition) is 0. The first-order valence-electron chi connectivity index (χ1n) is 8.74. The number of halogens is 1. The van der Waals surface area contributed by atoms with Crippen molar-refractivity contribution in [1.82, 2.24) is 19.9 Å². The van der Waals surface area contributed by atoms with Crippen molar-refractivity contribution in [3.63, 3.8) is 0 Å². The van der Waals surface area contributed by atoms with E-state index in [2.05, 4.69) is 15.0 Å². The summed E-state index contributed by atoms with van der Waals surface area (Å²) >= 11 is 1.39. The van der Waals surface area contributed by atoms with Gasteiger partial charge in [0.2, 0.25) is 0 Å². The van der Waals surface area contributed by atoms with Crippen LogP contribution in [-0.2, 0) is 6.54 Å². The van der Waals surface area contributed by atoms with E-state index in [0.29, 0.717) is 25.3 Å². The normalized spacial score (nSPS) is 15.3. The summed E-state index contributed by atoms with van der Waals surface area (Å²) < 4.78 is 18.3. The van der Waals surface area contributed by atoms with Crippen molar-refractivity contribution in [2.24, 2.45) is 0 Å². The van der Waals surface area contributed by atoms with Gasteiger partial charge >= 0.3 is 0 Å². The number of rotatable bonds is 4. The zero-order chi connectivity index (χ0) is 18.8. The SMILES string of the molecule is Cc1cc(CN2CCN(C(=O)c3csc(-c4ccc(F)cc4)n3)CC2)on1. The van der Waals surface area contributed by atoms with Crippen LogP contribution in [0.3, 0.4) is 0 Å². The van der Waals surface area contributed by atoms with Gasteiger partial charge in [0, 0.05) is 43.2 Å². The van der Waals surface area contributed by atoms with E-state index in [0.717, 1.165) is 35.1 Å². The number of piperazine rings is 1. The molecule has 0 aliphatic carbocycles. The largest absolute Gasteiger partial charge is 0.360 e. The lowest BCUT2D eigenvalue weighted by atomic mass is 10.2. The second kappa shape index (κ2) is 7.58. The average molecular weight is 386 g/mol. The van der Waals surface area contributed by atoms with Gasteiger partial charge in [-0.2, -0.15) is 0 Å². The summed E-state index contributed by atoms with van der Waals surface area (Å²) in [5, 5.41) is 6.39. The van der Waals surface area contributed by atoms with Crippen molar-refractivity contribution in [3.8, 4) is 10.6 Å². The molecule has 0 N–H and O–H groups in total. The molecule has 0 spiro atoms. The minimum Gasteiger partial charge on any atom is -0.360 e. The molecule has 1 amide bonds. The first kappa shape index (κ1) is 17.8. The summed E-state index contributed by atoms with van der Waals surface area (Å²) in [6.45, 7) is 5.46. The molecule has 3 aromatic rings. The number of nitrogens with zero attached hydrogens (tertiary/aromatic N) is 4. The Morgan fingerprint density at radius 3 is 2.63 bits per heavy atom. The maximum Gasteiger partial charge on any atom is 0.273 e. The van der Waals surface area contributed by atoms with Crippen molar-refractivity contribution in [3.05, 3.63) is 58.7 Å². The van der Waals surface area contributed by atoms with E-state index < -0.39 is 0 Å². The van der Waals surface area contributed by atoms with Gasteiger partial charge in [0.1, 0.15) is 16.5 Å². The molecule has 1 fully saturated rings. The third-order valence-corrected chi connectivity index (χ3v) is 5.42. The van der Waals surface area contributed by atoms with Crippen LogP contribution in [0.5, 0.6) is 0 Å². The van der Waals surface area contributed by atoms with Crippen LogP contribution in [0.25, 0.3) is 10.6 Å². The maximum absolute atomic E-state index is 13.1. The van der Waals surface area contributed by atoms with Crippen LogP contribution in [0.15, 0.2) is 40.2 Å². The molecule has 1 aliphatic heterocycles. The van der Waals surface area contributed by atoms with E-state index in [4.69, 9.17) is 4.52 Å². The van der Waals surface area contributed by atoms with Gasteiger partial charge in [0.15, 0.2) is 5.76 Å². The van der Waals surface area contributed by atoms with Crippen molar-refractivity contribution in [1.29, 1.82) is 0 Å². The van der Waals surface area contributed by atoms with Crippen molar-refractivity contribution in [2.75, 3.05) is 26.2 Å². The molecule has 1 saturated heterocycles. The fourth-order valence-electron chi connectivity index (χ4n) is 3.08. The number of hydrogen-bond acceptors (Lipinski definition) is 6. The standard InChI is InChI=1S/C19H19FN4O2S/c1-13-10-16(26-22-13)11-23-6-8-24(9-7-23)19(25)17-12-27-18(21-17)14-2-4-15(20)5-3-14/h2-5,10,12H,6-9,11H2,1H3. The van der Waals surface area contributed by atoms with Crippen LogP contribution < -0.4 is 0 Å². The predicted molar refractivity (Wildman–Crippen MR) is 99.9 cm³/mol. The van der Waals surface area contributed by atoms with E-state index in [9.17, 15) is 9.18 Å². The van der Waals surface area contributed by atoms with E-state index in [1.807, 2.05) is 17.9 Å². The molecule has 6 nitrogen and oxygen atoms in total. The quantitative estimate of drug-likeness (QED) is 0.689. The number of aryl methyl sites for hydroxylation is 1. The summed E-state index contributed by atoms with van der Waals surface area (Å²) in [5.41, 5.74) is 2.13. The van der Waals surface area contributed by atoms with E-state index in [1.54, 1.807) is 17.5 Å². The molecule has 0 bridgehead atoms. The molecule has 0 saturated carbocycles. The monoisotopic (exact) mass is 386 g/mol. The van der Waals surface area contributed by atoms with Crippen LogP contribution in [0.4, 0.5) is 4.39 Å². The average Bonchev–Trinajstić information content (AvgIpc) is 3.32. The third kappa shape index (κ3) is 4.06. The lowest BCUT2D eigenvalue weighted by molar-refractivity contribution is 0.0612. The summed E-state index contributed by atoms with van der Waals surface area (Å²) in [5.74, 6) is 0.496. The van der Waals surface area contributed by atoms with Gasteiger partial charge < -0.3 is 9.42 Å². The highest BCUT2D eigenvalue weighted by Crippen LogP contribution is 2.24. The molecule has 4 rings (SSSR count). The molecule has 8 heteroatoms. The fraction of sp³-hybridized carbons (Fsp3) is 0.316. The second-order valence-corrected chi connectivity index (χ2v) is 7.41. The molecular formula is C19H19FN4O2S. The van der Waals surface area contributed by atoms with Crippen LogP contribution in [-0.4, -0.2) is 52.0 Å². The second-order valence-electron chi connectivity index (χ2n) is 6.55. The van der Waals surface area contributed by atoms with Crippen LogP contribution >= 0.6 is 11.3 Å². The van der Waals surface area contributed by atoms with E-state index in [1.165, 1.54) is 23.5 Å². The maximum atomic E-state index is 13.1. The summed E-state index contributed by atoms with van der Waals surface area (Å²) in [6.07, 6.45) is 0. The molecule has 0 radical (unpaired) electrons. The van der Waals surface area contributed by atoms with E-state index in [-0.39, 0.29) is 11.7 Å². The van der Waals surface area contributed by atoms with Gasteiger partial charge in [-0.3, -0.25) is 9.69 Å². The highest BCUT2D eigenvalue weighted by atomic mass is 32.1. The van der Waals surface area contributed by atoms with Crippen molar-refractivity contribution in [2.45, 2.75) is 13.5 Å². The Morgan fingerprint density at radius 2 is 1.96 bits per heavy atom.